The number of rotatable bonds is 7. The first-order valence-electron chi connectivity index (χ1n) is 13.7. The normalized spacial score (nSPS) is 36.7. The van der Waals surface area contributed by atoms with Crippen LogP contribution in [0.3, 0.4) is 0 Å². The summed E-state index contributed by atoms with van der Waals surface area (Å²) < 4.78 is 6.52. The fourth-order valence-electron chi connectivity index (χ4n) is 8.15. The third kappa shape index (κ3) is 4.96. The molecule has 6 atom stereocenters. The second-order valence-electron chi connectivity index (χ2n) is 13.3. The standard InChI is InChI=1S/C29H50OSi/c1-20(2)9-8-10-21(3)27-15-16-28-26-13-11-22-19-23(30-31(5,6)7)12-14-24(22)25(26)17-18-29(27,28)4/h11,20-21,23-24,27-28H,8-10,12-19H2,1-7H3/t21-,23+,24?,27-,28?,29-/m1/s1. The molecule has 0 saturated heterocycles. The van der Waals surface area contributed by atoms with Gasteiger partial charge in [-0.2, -0.15) is 0 Å². The predicted molar refractivity (Wildman–Crippen MR) is 137 cm³/mol. The van der Waals surface area contributed by atoms with Gasteiger partial charge in [-0.3, -0.25) is 0 Å². The van der Waals surface area contributed by atoms with Crippen LogP contribution in [0.5, 0.6) is 0 Å². The molecule has 0 bridgehead atoms. The molecule has 0 aromatic heterocycles. The molecular weight excluding hydrogens is 392 g/mol. The highest BCUT2D eigenvalue weighted by atomic mass is 28.4. The maximum atomic E-state index is 6.52. The van der Waals surface area contributed by atoms with Crippen molar-refractivity contribution in [2.24, 2.45) is 35.0 Å². The molecule has 4 rings (SSSR count). The summed E-state index contributed by atoms with van der Waals surface area (Å²) in [6.45, 7) is 17.1. The molecule has 2 saturated carbocycles. The summed E-state index contributed by atoms with van der Waals surface area (Å²) in [7, 11) is -1.44. The van der Waals surface area contributed by atoms with Crippen LogP contribution in [-0.2, 0) is 4.43 Å². The van der Waals surface area contributed by atoms with E-state index in [1.54, 1.807) is 5.57 Å². The molecule has 2 fully saturated rings. The lowest BCUT2D eigenvalue weighted by Crippen LogP contribution is -2.40. The smallest absolute Gasteiger partial charge is 0.184 e. The van der Waals surface area contributed by atoms with Crippen molar-refractivity contribution in [3.8, 4) is 0 Å². The van der Waals surface area contributed by atoms with Gasteiger partial charge in [-0.15, -0.1) is 0 Å². The highest BCUT2D eigenvalue weighted by molar-refractivity contribution is 6.69. The zero-order chi connectivity index (χ0) is 22.4. The van der Waals surface area contributed by atoms with Crippen molar-refractivity contribution < 1.29 is 4.43 Å². The number of fused-ring (bicyclic) bond motifs is 4. The molecule has 0 spiro atoms. The Labute approximate surface area is 194 Å². The second kappa shape index (κ2) is 9.13. The maximum Gasteiger partial charge on any atom is 0.184 e. The fraction of sp³-hybridized carbons (Fsp3) is 0.862. The molecule has 0 heterocycles. The van der Waals surface area contributed by atoms with Crippen LogP contribution in [0, 0.1) is 35.0 Å². The van der Waals surface area contributed by atoms with E-state index in [0.29, 0.717) is 11.5 Å². The lowest BCUT2D eigenvalue weighted by molar-refractivity contribution is 0.0968. The van der Waals surface area contributed by atoms with Crippen molar-refractivity contribution >= 4 is 8.32 Å². The van der Waals surface area contributed by atoms with Crippen LogP contribution in [0.2, 0.25) is 19.6 Å². The molecule has 0 amide bonds. The first-order chi connectivity index (χ1) is 14.6. The van der Waals surface area contributed by atoms with E-state index in [1.807, 2.05) is 11.1 Å². The van der Waals surface area contributed by atoms with Crippen molar-refractivity contribution in [2.45, 2.75) is 124 Å². The molecule has 176 valence electrons. The molecule has 4 aliphatic carbocycles. The summed E-state index contributed by atoms with van der Waals surface area (Å²) in [5.74, 6) is 4.36. The van der Waals surface area contributed by atoms with Gasteiger partial charge >= 0.3 is 0 Å². The zero-order valence-electron chi connectivity index (χ0n) is 21.7. The van der Waals surface area contributed by atoms with Gasteiger partial charge in [0.05, 0.1) is 0 Å². The molecular formula is C29H50OSi. The van der Waals surface area contributed by atoms with Crippen molar-refractivity contribution in [1.29, 1.82) is 0 Å². The minimum Gasteiger partial charge on any atom is -0.414 e. The summed E-state index contributed by atoms with van der Waals surface area (Å²) in [6.07, 6.45) is 18.3. The quantitative estimate of drug-likeness (QED) is 0.282. The molecule has 0 radical (unpaired) electrons. The fourth-order valence-corrected chi connectivity index (χ4v) is 9.35. The predicted octanol–water partition coefficient (Wildman–Crippen LogP) is 8.92. The van der Waals surface area contributed by atoms with Gasteiger partial charge in [0.15, 0.2) is 8.32 Å². The van der Waals surface area contributed by atoms with Crippen LogP contribution in [0.1, 0.15) is 98.3 Å². The minimum absolute atomic E-state index is 0.493. The van der Waals surface area contributed by atoms with Gasteiger partial charge in [-0.05, 0) is 100 Å². The number of hydrogen-bond donors (Lipinski definition) is 0. The molecule has 2 unspecified atom stereocenters. The van der Waals surface area contributed by atoms with Crippen LogP contribution < -0.4 is 0 Å². The van der Waals surface area contributed by atoms with Crippen LogP contribution in [0.4, 0.5) is 0 Å². The van der Waals surface area contributed by atoms with Gasteiger partial charge in [0.1, 0.15) is 0 Å². The van der Waals surface area contributed by atoms with Crippen molar-refractivity contribution in [3.05, 3.63) is 22.8 Å². The minimum atomic E-state index is -1.44. The van der Waals surface area contributed by atoms with Crippen LogP contribution in [0.15, 0.2) is 22.8 Å². The van der Waals surface area contributed by atoms with Crippen LogP contribution in [-0.4, -0.2) is 14.4 Å². The highest BCUT2D eigenvalue weighted by Crippen LogP contribution is 2.62. The van der Waals surface area contributed by atoms with Crippen molar-refractivity contribution in [1.82, 2.24) is 0 Å². The largest absolute Gasteiger partial charge is 0.414 e. The topological polar surface area (TPSA) is 9.23 Å². The van der Waals surface area contributed by atoms with E-state index in [4.69, 9.17) is 4.43 Å². The SMILES string of the molecule is CC(C)CCC[C@@H](C)[C@H]1CCC2C3=C(CC[C@@]21C)C1CC[C@H](O[Si](C)(C)C)CC1=CC3. The lowest BCUT2D eigenvalue weighted by Gasteiger charge is -2.49. The average molecular weight is 443 g/mol. The summed E-state index contributed by atoms with van der Waals surface area (Å²) >= 11 is 0. The van der Waals surface area contributed by atoms with Gasteiger partial charge in [0.2, 0.25) is 0 Å². The Morgan fingerprint density at radius 3 is 2.52 bits per heavy atom. The average Bonchev–Trinajstić information content (AvgIpc) is 3.03. The van der Waals surface area contributed by atoms with Gasteiger partial charge in [0.25, 0.3) is 0 Å². The van der Waals surface area contributed by atoms with E-state index in [2.05, 4.69) is 53.4 Å². The molecule has 0 aromatic rings. The Balaban J connectivity index is 1.44. The monoisotopic (exact) mass is 442 g/mol. The Morgan fingerprint density at radius 2 is 1.81 bits per heavy atom. The van der Waals surface area contributed by atoms with Crippen molar-refractivity contribution in [3.63, 3.8) is 0 Å². The van der Waals surface area contributed by atoms with Crippen molar-refractivity contribution in [2.75, 3.05) is 0 Å². The molecule has 0 aromatic carbocycles. The third-order valence-electron chi connectivity index (χ3n) is 9.52. The molecule has 1 nitrogen and oxygen atoms in total. The van der Waals surface area contributed by atoms with E-state index >= 15 is 0 Å². The first kappa shape index (κ1) is 23.8. The molecule has 4 aliphatic rings. The first-order valence-corrected chi connectivity index (χ1v) is 17.1. The van der Waals surface area contributed by atoms with Gasteiger partial charge in [-0.1, -0.05) is 69.8 Å². The van der Waals surface area contributed by atoms with E-state index in [0.717, 1.165) is 29.6 Å². The Bertz CT molecular complexity index is 711. The second-order valence-corrected chi connectivity index (χ2v) is 17.7. The van der Waals surface area contributed by atoms with Gasteiger partial charge in [-0.25, -0.2) is 0 Å². The van der Waals surface area contributed by atoms with E-state index in [1.165, 1.54) is 70.6 Å². The summed E-state index contributed by atoms with van der Waals surface area (Å²) in [4.78, 5) is 0. The van der Waals surface area contributed by atoms with Crippen LogP contribution in [0.25, 0.3) is 0 Å². The molecule has 2 heteroatoms. The molecule has 31 heavy (non-hydrogen) atoms. The number of hydrogen-bond acceptors (Lipinski definition) is 1. The highest BCUT2D eigenvalue weighted by Gasteiger charge is 2.52. The van der Waals surface area contributed by atoms with Crippen LogP contribution >= 0.6 is 0 Å². The number of allylic oxidation sites excluding steroid dienone is 3. The van der Waals surface area contributed by atoms with E-state index in [9.17, 15) is 0 Å². The summed E-state index contributed by atoms with van der Waals surface area (Å²) in [5.41, 5.74) is 6.12. The molecule has 0 N–H and O–H groups in total. The van der Waals surface area contributed by atoms with E-state index in [-0.39, 0.29) is 0 Å². The Hall–Kier alpha value is -0.343. The third-order valence-corrected chi connectivity index (χ3v) is 10.6. The van der Waals surface area contributed by atoms with Gasteiger partial charge < -0.3 is 4.43 Å². The van der Waals surface area contributed by atoms with Gasteiger partial charge in [0, 0.05) is 12.0 Å². The lowest BCUT2D eigenvalue weighted by atomic mass is 9.57. The molecule has 0 aliphatic heterocycles. The summed E-state index contributed by atoms with van der Waals surface area (Å²) in [6, 6.07) is 0. The maximum absolute atomic E-state index is 6.52. The Morgan fingerprint density at radius 1 is 1.03 bits per heavy atom. The van der Waals surface area contributed by atoms with E-state index < -0.39 is 8.32 Å². The zero-order valence-corrected chi connectivity index (χ0v) is 22.7. The Kier molecular flexibility index (Phi) is 7.01. The summed E-state index contributed by atoms with van der Waals surface area (Å²) in [5, 5.41) is 0.